The molecule has 4 fully saturated rings. The molecule has 2 aromatic rings. The van der Waals surface area contributed by atoms with Crippen LogP contribution in [-0.4, -0.2) is 271 Å². The number of carbonyl (C=O) groups is 12. The maximum absolute atomic E-state index is 15.6. The quantitative estimate of drug-likeness (QED) is 0.162. The third-order valence-electron chi connectivity index (χ3n) is 21.8. The zero-order valence-corrected chi connectivity index (χ0v) is 63.6. The van der Waals surface area contributed by atoms with Crippen molar-refractivity contribution in [3.8, 4) is 5.75 Å². The van der Waals surface area contributed by atoms with Crippen molar-refractivity contribution in [3.63, 3.8) is 0 Å². The van der Waals surface area contributed by atoms with Gasteiger partial charge in [0.05, 0.1) is 43.9 Å². The minimum absolute atomic E-state index is 0.0710. The Balaban J connectivity index is 1.34. The van der Waals surface area contributed by atoms with E-state index in [1.54, 1.807) is 39.8 Å². The summed E-state index contributed by atoms with van der Waals surface area (Å²) in [6.07, 6.45) is -5.02. The van der Waals surface area contributed by atoms with E-state index in [0.717, 1.165) is 68.0 Å². The Hall–Kier alpha value is -8.84. The molecule has 2 saturated carbocycles. The van der Waals surface area contributed by atoms with Crippen LogP contribution in [0, 0.1) is 11.8 Å². The molecule has 3 N–H and O–H groups in total. The number of methoxy groups -OCH3 is 1. The molecule has 3 aliphatic heterocycles. The number of hydrogen-bond donors (Lipinski definition) is 3. The lowest BCUT2D eigenvalue weighted by atomic mass is 9.74. The number of amides is 12. The number of likely N-dealkylation sites (N-methyl/N-ethyl adjacent to an activating group) is 7. The number of fused-ring (bicyclic) bond motifs is 3. The highest BCUT2D eigenvalue weighted by molar-refractivity contribution is 6.01. The van der Waals surface area contributed by atoms with Gasteiger partial charge >= 0.3 is 12.4 Å². The number of halogens is 6. The van der Waals surface area contributed by atoms with E-state index in [0.29, 0.717) is 44.9 Å². The summed E-state index contributed by atoms with van der Waals surface area (Å²) in [4.78, 5) is 191. The fourth-order valence-electron chi connectivity index (χ4n) is 15.0. The minimum atomic E-state index is -4.82. The van der Waals surface area contributed by atoms with Gasteiger partial charge < -0.3 is 69.5 Å². The molecule has 0 radical (unpaired) electrons. The topological polar surface area (TPSA) is 289 Å². The molecule has 2 aliphatic carbocycles. The van der Waals surface area contributed by atoms with Crippen molar-refractivity contribution in [2.45, 2.75) is 209 Å². The minimum Gasteiger partial charge on any atom is -0.496 e. The number of nitrogens with zero attached hydrogens (tertiary/aromatic N) is 9. The van der Waals surface area contributed by atoms with Crippen LogP contribution in [-0.2, 0) is 87.5 Å². The zero-order chi connectivity index (χ0) is 79.3. The van der Waals surface area contributed by atoms with Crippen molar-refractivity contribution < 1.29 is 93.4 Å². The van der Waals surface area contributed by atoms with Crippen LogP contribution in [0.15, 0.2) is 54.6 Å². The van der Waals surface area contributed by atoms with Gasteiger partial charge in [0, 0.05) is 88.9 Å². The molecule has 2 aromatic carbocycles. The van der Waals surface area contributed by atoms with Gasteiger partial charge in [-0.25, -0.2) is 0 Å². The van der Waals surface area contributed by atoms with Crippen LogP contribution >= 0.6 is 0 Å². The normalized spacial score (nSPS) is 26.1. The molecule has 107 heavy (non-hydrogen) atoms. The second kappa shape index (κ2) is 36.8. The van der Waals surface area contributed by atoms with Gasteiger partial charge in [-0.1, -0.05) is 76.8 Å². The number of rotatable bonds is 14. The second-order valence-corrected chi connectivity index (χ2v) is 29.3. The Morgan fingerprint density at radius 3 is 1.90 bits per heavy atom. The first kappa shape index (κ1) is 85.4. The van der Waals surface area contributed by atoms with Gasteiger partial charge in [-0.15, -0.1) is 0 Å². The number of alkyl halides is 6. The summed E-state index contributed by atoms with van der Waals surface area (Å²) in [5, 5.41) is 8.48. The first-order chi connectivity index (χ1) is 50.3. The van der Waals surface area contributed by atoms with Gasteiger partial charge in [0.15, 0.2) is 0 Å². The standard InChI is InChI=1S/C75H106F6N12O14/c1-14-23-53-64(97)83-62(45(4)15-2)70(103)87(8)44-61(96)89(10)54-26-18-17-21-37-92(69(54)102)57(38-46-27-31-49(32-28-46)74(76,77)78)68(101)86(7)43-59(94)82-52(34-30-47-29-33-51(75(79,80)81)58(39-47)106-13)66(99)93-42-50(107-16-3)40-55(93)65(98)84-73(35-22-36-73)72(105)91(12)63(48-24-19-20-25-48)71(104)90(11)56(67(100)85(5)6)41-60(95)88(53)9/h17-18,27-29,31-33,39,45,48,50,52-57,62-63H,14-16,19-26,30,34-38,40-44H2,1-13H3,(H,82,94)(H,83,97)(H,84,98)/b18-17-/t45-,50+,52+,53-,54-,55-,56-,57-,62-,63-/m0/s1. The third kappa shape index (κ3) is 20.5. The highest BCUT2D eigenvalue weighted by Gasteiger charge is 2.54. The molecular weight excluding hydrogens is 1410 g/mol. The van der Waals surface area contributed by atoms with Gasteiger partial charge in [-0.2, -0.15) is 26.3 Å². The molecular formula is C75H106F6N12O14. The first-order valence-corrected chi connectivity index (χ1v) is 36.8. The summed E-state index contributed by atoms with van der Waals surface area (Å²) in [5.41, 5.74) is -3.38. The van der Waals surface area contributed by atoms with E-state index >= 15 is 28.8 Å². The van der Waals surface area contributed by atoms with Gasteiger partial charge in [-0.05, 0) is 118 Å². The lowest BCUT2D eigenvalue weighted by molar-refractivity contribution is -0.157. The number of hydrogen-bond acceptors (Lipinski definition) is 14. The smallest absolute Gasteiger partial charge is 0.419 e. The second-order valence-electron chi connectivity index (χ2n) is 29.3. The van der Waals surface area contributed by atoms with E-state index in [2.05, 4.69) is 16.0 Å². The molecule has 2 bridgehead atoms. The summed E-state index contributed by atoms with van der Waals surface area (Å²) in [5.74, 6) is -10.9. The number of carbonyl (C=O) groups excluding carboxylic acids is 12. The van der Waals surface area contributed by atoms with Crippen molar-refractivity contribution in [2.24, 2.45) is 11.8 Å². The summed E-state index contributed by atoms with van der Waals surface area (Å²) in [7, 11) is 11.9. The van der Waals surface area contributed by atoms with E-state index in [-0.39, 0.29) is 82.2 Å². The fourth-order valence-corrected chi connectivity index (χ4v) is 15.0. The molecule has 12 amide bonds. The van der Waals surface area contributed by atoms with Crippen LogP contribution in [0.25, 0.3) is 0 Å². The number of aryl methyl sites for hydroxylation is 1. The SMILES string of the molecule is CCC[C@H]1C(=O)N[C@@H]([C@@H](C)CC)C(=O)N(C)CC(=O)N(C)[C@H]2C/C=C\CCN(C2=O)[C@@H](Cc2ccc(C(F)(F)F)cc2)C(=O)N(C)CC(=O)N[C@H](CCc2ccc(C(F)(F)F)c(OC)c2)C(=O)N2C[C@H](OCC)C[C@H]2C(=O)NC2(CCC2)C(=O)N(C)[C@@H](C2CCCC2)C(=O)N(C)[C@H](C(=O)N(C)C)CC(=O)N1C. The highest BCUT2D eigenvalue weighted by atomic mass is 19.4. The molecule has 26 nitrogen and oxygen atoms in total. The zero-order valence-electron chi connectivity index (χ0n) is 63.6. The predicted octanol–water partition coefficient (Wildman–Crippen LogP) is 5.22. The van der Waals surface area contributed by atoms with Crippen LogP contribution in [0.1, 0.15) is 146 Å². The Labute approximate surface area is 621 Å². The lowest BCUT2D eigenvalue weighted by Crippen LogP contribution is -2.68. The van der Waals surface area contributed by atoms with Crippen LogP contribution in [0.3, 0.4) is 0 Å². The molecule has 592 valence electrons. The average molecular weight is 1510 g/mol. The molecule has 3 heterocycles. The van der Waals surface area contributed by atoms with Crippen molar-refractivity contribution in [1.29, 1.82) is 0 Å². The van der Waals surface area contributed by atoms with Crippen molar-refractivity contribution >= 4 is 70.9 Å². The van der Waals surface area contributed by atoms with Crippen LogP contribution in [0.4, 0.5) is 26.3 Å². The number of benzene rings is 2. The van der Waals surface area contributed by atoms with E-state index in [1.165, 1.54) is 82.0 Å². The van der Waals surface area contributed by atoms with Gasteiger partial charge in [0.2, 0.25) is 70.9 Å². The Morgan fingerprint density at radius 1 is 0.673 bits per heavy atom. The average Bonchev–Trinajstić information content (AvgIpc) is 1.70. The summed E-state index contributed by atoms with van der Waals surface area (Å²) in [6, 6.07) is -4.33. The molecule has 0 unspecified atom stereocenters. The van der Waals surface area contributed by atoms with E-state index in [9.17, 15) is 55.1 Å². The molecule has 10 atom stereocenters. The highest BCUT2D eigenvalue weighted by Crippen LogP contribution is 2.40. The Morgan fingerprint density at radius 2 is 1.32 bits per heavy atom. The van der Waals surface area contributed by atoms with E-state index in [4.69, 9.17) is 9.47 Å². The molecule has 7 rings (SSSR count). The summed E-state index contributed by atoms with van der Waals surface area (Å²) in [6.45, 7) is 5.11. The lowest BCUT2D eigenvalue weighted by Gasteiger charge is -2.46. The molecule has 2 saturated heterocycles. The molecule has 5 aliphatic rings. The van der Waals surface area contributed by atoms with Gasteiger partial charge in [0.25, 0.3) is 0 Å². The van der Waals surface area contributed by atoms with Gasteiger partial charge in [0.1, 0.15) is 59.6 Å². The maximum Gasteiger partial charge on any atom is 0.419 e. The summed E-state index contributed by atoms with van der Waals surface area (Å²) >= 11 is 0. The third-order valence-corrected chi connectivity index (χ3v) is 21.8. The maximum atomic E-state index is 15.6. The molecule has 0 aromatic heterocycles. The monoisotopic (exact) mass is 1510 g/mol. The Bertz CT molecular complexity index is 3590. The predicted molar refractivity (Wildman–Crippen MR) is 381 cm³/mol. The molecule has 1 spiro atoms. The van der Waals surface area contributed by atoms with Gasteiger partial charge in [-0.3, -0.25) is 57.5 Å². The van der Waals surface area contributed by atoms with Crippen molar-refractivity contribution in [1.82, 2.24) is 60.0 Å². The van der Waals surface area contributed by atoms with Crippen molar-refractivity contribution in [2.75, 3.05) is 96.3 Å². The van der Waals surface area contributed by atoms with Crippen LogP contribution < -0.4 is 20.7 Å². The summed E-state index contributed by atoms with van der Waals surface area (Å²) < 4.78 is 95.6. The number of ether oxygens (including phenoxy) is 2. The van der Waals surface area contributed by atoms with E-state index < -0.39 is 198 Å². The van der Waals surface area contributed by atoms with Crippen LogP contribution in [0.5, 0.6) is 5.75 Å². The fraction of sp³-hybridized carbons (Fsp3) is 0.653. The van der Waals surface area contributed by atoms with E-state index in [1.807, 2.05) is 0 Å². The largest absolute Gasteiger partial charge is 0.496 e. The van der Waals surface area contributed by atoms with Crippen LogP contribution in [0.2, 0.25) is 0 Å². The number of nitrogens with one attached hydrogen (secondary N) is 3. The molecule has 32 heteroatoms. The Kier molecular flexibility index (Phi) is 29.4. The first-order valence-electron chi connectivity index (χ1n) is 36.8. The van der Waals surface area contributed by atoms with Crippen molar-refractivity contribution in [3.05, 3.63) is 76.9 Å².